The molecule has 1 aliphatic carbocycles. The monoisotopic (exact) mass is 870 g/mol. The molecule has 0 saturated heterocycles. The van der Waals surface area contributed by atoms with E-state index in [1.165, 1.54) is 32.7 Å². The van der Waals surface area contributed by atoms with Crippen molar-refractivity contribution in [1.29, 1.82) is 0 Å². The number of hydrogen-bond donors (Lipinski definition) is 0. The van der Waals surface area contributed by atoms with Crippen LogP contribution in [0.5, 0.6) is 0 Å². The molecule has 0 N–H and O–H groups in total. The predicted octanol–water partition coefficient (Wildman–Crippen LogP) is 14.5. The predicted molar refractivity (Wildman–Crippen MR) is 192 cm³/mol. The second kappa shape index (κ2) is 16.2. The van der Waals surface area contributed by atoms with Gasteiger partial charge in [0.25, 0.3) is 0 Å². The first-order valence-corrected chi connectivity index (χ1v) is 18.2. The topological polar surface area (TPSA) is 0 Å². The summed E-state index contributed by atoms with van der Waals surface area (Å²) in [5.74, 6) is 0. The molecule has 0 saturated carbocycles. The van der Waals surface area contributed by atoms with Crippen molar-refractivity contribution in [3.05, 3.63) is 148 Å². The molecule has 56 heavy (non-hydrogen) atoms. The van der Waals surface area contributed by atoms with Crippen LogP contribution in [0.4, 0.5) is 52.7 Å². The number of hydrogen-bond acceptors (Lipinski definition) is 0. The smallest absolute Gasteiger partial charge is 0.109 e. The van der Waals surface area contributed by atoms with Gasteiger partial charge in [-0.15, -0.1) is 46.2 Å². The molecule has 0 aromatic heterocycles. The Labute approximate surface area is 331 Å². The van der Waals surface area contributed by atoms with Gasteiger partial charge in [-0.25, -0.2) is 12.2 Å². The summed E-state index contributed by atoms with van der Waals surface area (Å²) in [6.45, 7) is 13.7. The Bertz CT molecular complexity index is 2040. The van der Waals surface area contributed by atoms with Gasteiger partial charge in [-0.05, 0) is 10.8 Å². The van der Waals surface area contributed by atoms with Gasteiger partial charge in [0.05, 0.1) is 0 Å². The Morgan fingerprint density at radius 3 is 1.07 bits per heavy atom. The van der Waals surface area contributed by atoms with Crippen LogP contribution >= 0.6 is 0 Å². The van der Waals surface area contributed by atoms with Crippen LogP contribution in [0.3, 0.4) is 0 Å². The van der Waals surface area contributed by atoms with Crippen LogP contribution in [0.1, 0.15) is 92.5 Å². The Balaban J connectivity index is 0.000000230. The summed E-state index contributed by atoms with van der Waals surface area (Å²) in [6, 6.07) is 16.7. The van der Waals surface area contributed by atoms with Crippen LogP contribution in [-0.4, -0.2) is 3.21 Å². The van der Waals surface area contributed by atoms with Gasteiger partial charge in [0, 0.05) is 0 Å². The van der Waals surface area contributed by atoms with Gasteiger partial charge in [0.15, 0.2) is 0 Å². The maximum Gasteiger partial charge on any atom is -0.109 e. The normalized spacial score (nSPS) is 13.8. The largest absolute Gasteiger partial charge is 0.273 e. The second-order valence-electron chi connectivity index (χ2n) is 15.2. The van der Waals surface area contributed by atoms with Crippen molar-refractivity contribution < 1.29 is 76.9 Å². The van der Waals surface area contributed by atoms with E-state index in [1.54, 1.807) is 0 Å². The minimum atomic E-state index is -5.22. The molecule has 296 valence electrons. The third-order valence-electron chi connectivity index (χ3n) is 8.78. The summed E-state index contributed by atoms with van der Waals surface area (Å²) in [4.78, 5) is 0. The second-order valence-corrected chi connectivity index (χ2v) is 16.4. The van der Waals surface area contributed by atoms with Gasteiger partial charge < -0.3 is 0 Å². The van der Waals surface area contributed by atoms with Gasteiger partial charge in [-0.3, -0.25) is 6.08 Å². The molecular formula is C43H36F12Zr. The van der Waals surface area contributed by atoms with Crippen molar-refractivity contribution in [2.45, 2.75) is 83.5 Å². The van der Waals surface area contributed by atoms with E-state index in [1.807, 2.05) is 12.2 Å². The quantitative estimate of drug-likeness (QED) is 0.122. The zero-order valence-corrected chi connectivity index (χ0v) is 33.4. The van der Waals surface area contributed by atoms with E-state index in [9.17, 15) is 52.7 Å². The minimum absolute atomic E-state index is 0.00108. The van der Waals surface area contributed by atoms with Gasteiger partial charge in [-0.1, -0.05) is 76.9 Å². The van der Waals surface area contributed by atoms with E-state index in [4.69, 9.17) is 0 Å². The number of rotatable bonds is 2. The van der Waals surface area contributed by atoms with E-state index in [2.05, 4.69) is 96.2 Å². The Hall–Kier alpha value is -3.86. The first-order valence-electron chi connectivity index (χ1n) is 17.0. The third kappa shape index (κ3) is 11.4. The first kappa shape index (κ1) is 44.9. The zero-order valence-electron chi connectivity index (χ0n) is 31.0. The summed E-state index contributed by atoms with van der Waals surface area (Å²) in [5.41, 5.74) is -5.34. The molecule has 0 amide bonds. The molecule has 0 heterocycles. The maximum atomic E-state index is 13.0. The molecule has 6 rings (SSSR count). The molecular weight excluding hydrogens is 836 g/mol. The molecule has 1 aliphatic rings. The minimum Gasteiger partial charge on any atom is -0.273 e. The van der Waals surface area contributed by atoms with Crippen molar-refractivity contribution in [2.24, 2.45) is 0 Å². The Morgan fingerprint density at radius 2 is 0.839 bits per heavy atom. The molecule has 0 bridgehead atoms. The number of halogens is 12. The van der Waals surface area contributed by atoms with Crippen LogP contribution in [0.25, 0.3) is 21.5 Å². The molecule has 5 aromatic rings. The van der Waals surface area contributed by atoms with Gasteiger partial charge in [0.1, 0.15) is 0 Å². The first-order chi connectivity index (χ1) is 25.5. The maximum absolute atomic E-state index is 13.0. The fraction of sp³-hybridized carbons (Fsp3) is 0.302. The number of fused-ring (bicyclic) bond motifs is 3. The summed E-state index contributed by atoms with van der Waals surface area (Å²) >= 11 is -0.00108. The van der Waals surface area contributed by atoms with Crippen LogP contribution < -0.4 is 0 Å². The van der Waals surface area contributed by atoms with Gasteiger partial charge in [0.2, 0.25) is 0 Å². The molecule has 0 unspecified atom stereocenters. The fourth-order valence-electron chi connectivity index (χ4n) is 5.64. The molecule has 0 fully saturated rings. The van der Waals surface area contributed by atoms with Crippen molar-refractivity contribution >= 4 is 24.8 Å². The van der Waals surface area contributed by atoms with Crippen molar-refractivity contribution in [3.63, 3.8) is 0 Å². The summed E-state index contributed by atoms with van der Waals surface area (Å²) in [5, 5.41) is 5.49. The fourth-order valence-corrected chi connectivity index (χ4v) is 6.35. The SMILES string of the molecule is CC(C)(C)c1ccc2[cH-]c3ccc(C(C)(C)C)cc3c2c1.FC(F)(F)c1cc([C](=[Zr+2])c2cc(C(F)(F)F)cc(C(F)(F)F)c2)cc(C(F)(F)F)c1.[C-]1=CC=CC1. The van der Waals surface area contributed by atoms with E-state index in [0.29, 0.717) is 0 Å². The Kier molecular flexibility index (Phi) is 13.0. The van der Waals surface area contributed by atoms with E-state index < -0.39 is 61.3 Å². The van der Waals surface area contributed by atoms with E-state index in [0.717, 1.165) is 6.42 Å². The van der Waals surface area contributed by atoms with E-state index in [-0.39, 0.29) is 71.5 Å². The molecule has 0 atom stereocenters. The van der Waals surface area contributed by atoms with Gasteiger partial charge in [-0.2, -0.15) is 6.08 Å². The van der Waals surface area contributed by atoms with Gasteiger partial charge >= 0.3 is 175 Å². The summed E-state index contributed by atoms with van der Waals surface area (Å²) < 4.78 is 155. The van der Waals surface area contributed by atoms with Crippen LogP contribution in [0, 0.1) is 6.08 Å². The zero-order chi connectivity index (χ0) is 42.2. The number of benzene rings is 4. The van der Waals surface area contributed by atoms with Crippen LogP contribution in [-0.2, 0) is 59.8 Å². The molecule has 0 radical (unpaired) electrons. The molecule has 0 aliphatic heterocycles. The third-order valence-corrected chi connectivity index (χ3v) is 10.2. The van der Waals surface area contributed by atoms with Crippen molar-refractivity contribution in [1.82, 2.24) is 0 Å². The average Bonchev–Trinajstić information content (AvgIpc) is 3.77. The van der Waals surface area contributed by atoms with Crippen LogP contribution in [0.2, 0.25) is 0 Å². The molecule has 0 nitrogen and oxygen atoms in total. The Morgan fingerprint density at radius 1 is 0.500 bits per heavy atom. The van der Waals surface area contributed by atoms with Crippen molar-refractivity contribution in [2.75, 3.05) is 0 Å². The number of alkyl halides is 12. The summed E-state index contributed by atoms with van der Waals surface area (Å²) in [7, 11) is 0. The van der Waals surface area contributed by atoms with E-state index >= 15 is 0 Å². The standard InChI is InChI=1S/C21H25.C17H6F12.C5H5.Zr/c1-20(2,3)16-9-7-14-11-15-8-10-17(21(4,5)6)13-19(15)18(14)12-16;18-14(19,20)10-2-8(3-11(6-10)15(21,22)23)1-9-4-12(16(24,25)26)7-13(5-9)17(27,28)29;1-2-4-5-3-1;/h7-13H,1-6H3;2-7H;1-3H,4H2;/q-1;;-1;+2. The van der Waals surface area contributed by atoms with Crippen LogP contribution in [0.15, 0.2) is 97.1 Å². The average molecular weight is 872 g/mol. The van der Waals surface area contributed by atoms with Crippen molar-refractivity contribution in [3.8, 4) is 0 Å². The summed E-state index contributed by atoms with van der Waals surface area (Å²) in [6.07, 6.45) is -10.9. The molecule has 13 heteroatoms. The number of allylic oxidation sites excluding steroid dienone is 4. The molecule has 5 aromatic carbocycles. The molecule has 0 spiro atoms.